The summed E-state index contributed by atoms with van der Waals surface area (Å²) in [6.45, 7) is 0.488. The zero-order chi connectivity index (χ0) is 21.1. The second-order valence-electron chi connectivity index (χ2n) is 6.50. The number of ether oxygens (including phenoxy) is 2. The van der Waals surface area contributed by atoms with E-state index >= 15 is 0 Å². The van der Waals surface area contributed by atoms with Crippen LogP contribution in [-0.4, -0.2) is 18.6 Å². The highest BCUT2D eigenvalue weighted by Gasteiger charge is 2.16. The third-order valence-corrected chi connectivity index (χ3v) is 5.23. The van der Waals surface area contributed by atoms with Gasteiger partial charge >= 0.3 is 0 Å². The lowest BCUT2D eigenvalue weighted by atomic mass is 10.1. The van der Waals surface area contributed by atoms with Crippen LogP contribution in [0.3, 0.4) is 0 Å². The van der Waals surface area contributed by atoms with E-state index in [0.29, 0.717) is 39.9 Å². The first-order chi connectivity index (χ1) is 14.5. The Hall–Kier alpha value is -3.22. The number of carbonyl (C=O) groups excluding carboxylic acids is 2. The van der Waals surface area contributed by atoms with Gasteiger partial charge in [0.2, 0.25) is 6.79 Å². The molecule has 1 heterocycles. The number of benzene rings is 3. The molecule has 0 bridgehead atoms. The maximum atomic E-state index is 12.7. The molecule has 3 aromatic carbocycles. The highest BCUT2D eigenvalue weighted by Crippen LogP contribution is 2.32. The van der Waals surface area contributed by atoms with Crippen molar-refractivity contribution in [2.24, 2.45) is 0 Å². The van der Waals surface area contributed by atoms with Crippen molar-refractivity contribution in [1.29, 1.82) is 0 Å². The molecule has 0 fully saturated rings. The minimum atomic E-state index is -0.399. The standard InChI is InChI=1S/C22H16Cl2N2O4/c23-16-7-6-14(10-17(16)24)21(27)26-18-4-2-1-3-15(18)22(28)25-11-13-5-8-19-20(9-13)30-12-29-19/h1-10H,11-12H2,(H,25,28)(H,26,27). The summed E-state index contributed by atoms with van der Waals surface area (Å²) in [6, 6.07) is 16.8. The number of fused-ring (bicyclic) bond motifs is 1. The van der Waals surface area contributed by atoms with Crippen LogP contribution in [-0.2, 0) is 6.54 Å². The summed E-state index contributed by atoms with van der Waals surface area (Å²) >= 11 is 11.9. The van der Waals surface area contributed by atoms with E-state index in [2.05, 4.69) is 10.6 Å². The Kier molecular flexibility index (Phi) is 5.79. The fourth-order valence-electron chi connectivity index (χ4n) is 2.95. The van der Waals surface area contributed by atoms with Gasteiger partial charge in [-0.15, -0.1) is 0 Å². The van der Waals surface area contributed by atoms with Crippen LogP contribution in [0.4, 0.5) is 5.69 Å². The minimum absolute atomic E-state index is 0.192. The molecule has 0 aliphatic carbocycles. The van der Waals surface area contributed by atoms with Gasteiger partial charge in [-0.25, -0.2) is 0 Å². The molecule has 1 aliphatic rings. The fourth-order valence-corrected chi connectivity index (χ4v) is 3.25. The van der Waals surface area contributed by atoms with Crippen LogP contribution in [0.2, 0.25) is 10.0 Å². The Labute approximate surface area is 182 Å². The quantitative estimate of drug-likeness (QED) is 0.588. The zero-order valence-electron chi connectivity index (χ0n) is 15.6. The van der Waals surface area contributed by atoms with E-state index in [4.69, 9.17) is 32.7 Å². The molecule has 1 aliphatic heterocycles. The van der Waals surface area contributed by atoms with E-state index in [1.54, 1.807) is 42.5 Å². The van der Waals surface area contributed by atoms with Crippen molar-refractivity contribution in [3.05, 3.63) is 87.4 Å². The molecule has 0 aromatic heterocycles. The summed E-state index contributed by atoms with van der Waals surface area (Å²) in [7, 11) is 0. The number of para-hydroxylation sites is 1. The van der Waals surface area contributed by atoms with Gasteiger partial charge < -0.3 is 20.1 Å². The summed E-state index contributed by atoms with van der Waals surface area (Å²) in [5.74, 6) is 0.610. The summed E-state index contributed by atoms with van der Waals surface area (Å²) < 4.78 is 10.6. The van der Waals surface area contributed by atoms with Gasteiger partial charge in [0.25, 0.3) is 11.8 Å². The predicted molar refractivity (Wildman–Crippen MR) is 115 cm³/mol. The Bertz CT molecular complexity index is 1130. The Balaban J connectivity index is 1.46. The third kappa shape index (κ3) is 4.35. The van der Waals surface area contributed by atoms with Crippen molar-refractivity contribution in [2.75, 3.05) is 12.1 Å². The van der Waals surface area contributed by atoms with Crippen LogP contribution in [0.15, 0.2) is 60.7 Å². The molecule has 0 unspecified atom stereocenters. The summed E-state index contributed by atoms with van der Waals surface area (Å²) in [5.41, 5.74) is 1.92. The molecule has 2 N–H and O–H groups in total. The number of halogens is 2. The summed E-state index contributed by atoms with van der Waals surface area (Å²) in [6.07, 6.45) is 0. The van der Waals surface area contributed by atoms with Crippen LogP contribution in [0.1, 0.15) is 26.3 Å². The summed E-state index contributed by atoms with van der Waals surface area (Å²) in [4.78, 5) is 25.3. The lowest BCUT2D eigenvalue weighted by molar-refractivity contribution is 0.0951. The lowest BCUT2D eigenvalue weighted by Gasteiger charge is -2.12. The van der Waals surface area contributed by atoms with E-state index < -0.39 is 5.91 Å². The van der Waals surface area contributed by atoms with E-state index in [1.807, 2.05) is 12.1 Å². The molecule has 3 aromatic rings. The zero-order valence-corrected chi connectivity index (χ0v) is 17.1. The maximum absolute atomic E-state index is 12.7. The SMILES string of the molecule is O=C(Nc1ccccc1C(=O)NCc1ccc2c(c1)OCO2)c1ccc(Cl)c(Cl)c1. The van der Waals surface area contributed by atoms with Crippen molar-refractivity contribution in [2.45, 2.75) is 6.54 Å². The molecule has 8 heteroatoms. The molecule has 6 nitrogen and oxygen atoms in total. The number of hydrogen-bond donors (Lipinski definition) is 2. The number of amides is 2. The molecule has 0 radical (unpaired) electrons. The van der Waals surface area contributed by atoms with Gasteiger partial charge in [-0.3, -0.25) is 9.59 Å². The molecule has 0 atom stereocenters. The highest BCUT2D eigenvalue weighted by atomic mass is 35.5. The van der Waals surface area contributed by atoms with Crippen LogP contribution in [0.25, 0.3) is 0 Å². The van der Waals surface area contributed by atoms with Crippen LogP contribution < -0.4 is 20.1 Å². The number of rotatable bonds is 5. The molecular formula is C22H16Cl2N2O4. The smallest absolute Gasteiger partial charge is 0.255 e. The first kappa shape index (κ1) is 20.1. The summed E-state index contributed by atoms with van der Waals surface area (Å²) in [5, 5.41) is 6.23. The number of anilines is 1. The van der Waals surface area contributed by atoms with Crippen LogP contribution in [0, 0.1) is 0 Å². The second-order valence-corrected chi connectivity index (χ2v) is 7.31. The van der Waals surface area contributed by atoms with Gasteiger partial charge in [-0.1, -0.05) is 41.4 Å². The molecule has 4 rings (SSSR count). The van der Waals surface area contributed by atoms with Gasteiger partial charge in [-0.2, -0.15) is 0 Å². The van der Waals surface area contributed by atoms with Crippen molar-refractivity contribution >= 4 is 40.7 Å². The Morgan fingerprint density at radius 3 is 2.50 bits per heavy atom. The van der Waals surface area contributed by atoms with Crippen molar-refractivity contribution in [3.8, 4) is 11.5 Å². The normalized spacial score (nSPS) is 11.8. The number of carbonyl (C=O) groups is 2. The Morgan fingerprint density at radius 2 is 1.67 bits per heavy atom. The lowest BCUT2D eigenvalue weighted by Crippen LogP contribution is -2.24. The first-order valence-electron chi connectivity index (χ1n) is 9.03. The molecule has 152 valence electrons. The van der Waals surface area contributed by atoms with Crippen LogP contribution >= 0.6 is 23.2 Å². The van der Waals surface area contributed by atoms with Gasteiger partial charge in [-0.05, 0) is 48.0 Å². The number of nitrogens with one attached hydrogen (secondary N) is 2. The van der Waals surface area contributed by atoms with Gasteiger partial charge in [0.1, 0.15) is 0 Å². The van der Waals surface area contributed by atoms with Crippen molar-refractivity contribution < 1.29 is 19.1 Å². The van der Waals surface area contributed by atoms with E-state index in [-0.39, 0.29) is 17.7 Å². The average Bonchev–Trinajstić information content (AvgIpc) is 3.22. The molecule has 2 amide bonds. The molecule has 30 heavy (non-hydrogen) atoms. The van der Waals surface area contributed by atoms with E-state index in [0.717, 1.165) is 5.56 Å². The molecule has 0 saturated carbocycles. The van der Waals surface area contributed by atoms with Gasteiger partial charge in [0.05, 0.1) is 21.3 Å². The van der Waals surface area contributed by atoms with E-state index in [9.17, 15) is 9.59 Å². The first-order valence-corrected chi connectivity index (χ1v) is 9.79. The molecular weight excluding hydrogens is 427 g/mol. The van der Waals surface area contributed by atoms with Crippen LogP contribution in [0.5, 0.6) is 11.5 Å². The fraction of sp³-hybridized carbons (Fsp3) is 0.0909. The number of hydrogen-bond acceptors (Lipinski definition) is 4. The average molecular weight is 443 g/mol. The Morgan fingerprint density at radius 1 is 0.867 bits per heavy atom. The van der Waals surface area contributed by atoms with Gasteiger partial charge in [0, 0.05) is 12.1 Å². The van der Waals surface area contributed by atoms with Gasteiger partial charge in [0.15, 0.2) is 11.5 Å². The van der Waals surface area contributed by atoms with Crippen molar-refractivity contribution in [1.82, 2.24) is 5.32 Å². The van der Waals surface area contributed by atoms with E-state index in [1.165, 1.54) is 6.07 Å². The van der Waals surface area contributed by atoms with Crippen molar-refractivity contribution in [3.63, 3.8) is 0 Å². The predicted octanol–water partition coefficient (Wildman–Crippen LogP) is 4.90. The topological polar surface area (TPSA) is 76.7 Å². The maximum Gasteiger partial charge on any atom is 0.255 e. The monoisotopic (exact) mass is 442 g/mol. The third-order valence-electron chi connectivity index (χ3n) is 4.49. The highest BCUT2D eigenvalue weighted by molar-refractivity contribution is 6.42. The molecule has 0 spiro atoms. The minimum Gasteiger partial charge on any atom is -0.454 e. The molecule has 0 saturated heterocycles. The largest absolute Gasteiger partial charge is 0.454 e. The second kappa shape index (κ2) is 8.65.